The SMILES string of the molecule is Cc1cccc(NCC2CSc3ccccc32)c1C#N. The molecule has 2 nitrogen and oxygen atoms in total. The van der Waals surface area contributed by atoms with Crippen molar-refractivity contribution in [1.29, 1.82) is 5.26 Å². The highest BCUT2D eigenvalue weighted by Gasteiger charge is 2.22. The normalized spacial score (nSPS) is 16.5. The minimum Gasteiger partial charge on any atom is -0.383 e. The molecule has 1 unspecified atom stereocenters. The maximum atomic E-state index is 9.25. The number of fused-ring (bicyclic) bond motifs is 1. The fourth-order valence-corrected chi connectivity index (χ4v) is 3.85. The Hall–Kier alpha value is -1.92. The zero-order valence-electron chi connectivity index (χ0n) is 11.4. The summed E-state index contributed by atoms with van der Waals surface area (Å²) in [5, 5.41) is 12.7. The van der Waals surface area contributed by atoms with Gasteiger partial charge in [-0.3, -0.25) is 0 Å². The van der Waals surface area contributed by atoms with Gasteiger partial charge in [0.1, 0.15) is 6.07 Å². The minimum atomic E-state index is 0.517. The largest absolute Gasteiger partial charge is 0.383 e. The van der Waals surface area contributed by atoms with Crippen LogP contribution in [0.5, 0.6) is 0 Å². The van der Waals surface area contributed by atoms with Crippen LogP contribution in [-0.2, 0) is 0 Å². The predicted molar refractivity (Wildman–Crippen MR) is 84.3 cm³/mol. The van der Waals surface area contributed by atoms with Gasteiger partial charge in [0.25, 0.3) is 0 Å². The van der Waals surface area contributed by atoms with E-state index < -0.39 is 0 Å². The van der Waals surface area contributed by atoms with Crippen molar-refractivity contribution in [3.63, 3.8) is 0 Å². The molecule has 0 aliphatic carbocycles. The monoisotopic (exact) mass is 280 g/mol. The van der Waals surface area contributed by atoms with Gasteiger partial charge in [0.2, 0.25) is 0 Å². The van der Waals surface area contributed by atoms with E-state index in [0.717, 1.165) is 29.1 Å². The second-order valence-corrected chi connectivity index (χ2v) is 6.10. The number of hydrogen-bond donors (Lipinski definition) is 1. The lowest BCUT2D eigenvalue weighted by molar-refractivity contribution is 0.818. The van der Waals surface area contributed by atoms with E-state index >= 15 is 0 Å². The lowest BCUT2D eigenvalue weighted by atomic mass is 10.0. The van der Waals surface area contributed by atoms with Crippen molar-refractivity contribution < 1.29 is 0 Å². The number of nitrogens with zero attached hydrogens (tertiary/aromatic N) is 1. The first-order valence-electron chi connectivity index (χ1n) is 6.75. The van der Waals surface area contributed by atoms with E-state index in [2.05, 4.69) is 35.7 Å². The number of nitrogens with one attached hydrogen (secondary N) is 1. The fraction of sp³-hybridized carbons (Fsp3) is 0.235. The Kier molecular flexibility index (Phi) is 3.66. The summed E-state index contributed by atoms with van der Waals surface area (Å²) in [4.78, 5) is 1.39. The van der Waals surface area contributed by atoms with Crippen LogP contribution in [-0.4, -0.2) is 12.3 Å². The average Bonchev–Trinajstić information content (AvgIpc) is 2.88. The molecule has 0 saturated heterocycles. The highest BCUT2D eigenvalue weighted by molar-refractivity contribution is 7.99. The molecule has 0 saturated carbocycles. The maximum Gasteiger partial charge on any atom is 0.102 e. The van der Waals surface area contributed by atoms with Gasteiger partial charge in [-0.25, -0.2) is 0 Å². The van der Waals surface area contributed by atoms with Gasteiger partial charge in [-0.15, -0.1) is 11.8 Å². The van der Waals surface area contributed by atoms with Crippen molar-refractivity contribution in [2.45, 2.75) is 17.7 Å². The molecule has 0 spiro atoms. The zero-order chi connectivity index (χ0) is 13.9. The molecule has 0 aromatic heterocycles. The molecule has 1 heterocycles. The Morgan fingerprint density at radius 3 is 2.95 bits per heavy atom. The van der Waals surface area contributed by atoms with Crippen molar-refractivity contribution in [2.75, 3.05) is 17.6 Å². The summed E-state index contributed by atoms with van der Waals surface area (Å²) in [6.45, 7) is 2.85. The molecule has 0 radical (unpaired) electrons. The summed E-state index contributed by atoms with van der Waals surface area (Å²) in [5.41, 5.74) is 4.16. The first kappa shape index (κ1) is 13.1. The maximum absolute atomic E-state index is 9.25. The average molecular weight is 280 g/mol. The molecule has 1 aliphatic heterocycles. The Morgan fingerprint density at radius 1 is 1.25 bits per heavy atom. The number of thioether (sulfide) groups is 1. The molecule has 0 bridgehead atoms. The lowest BCUT2D eigenvalue weighted by Gasteiger charge is -2.14. The first-order valence-corrected chi connectivity index (χ1v) is 7.73. The molecule has 0 fully saturated rings. The summed E-state index contributed by atoms with van der Waals surface area (Å²) in [6.07, 6.45) is 0. The van der Waals surface area contributed by atoms with Crippen LogP contribution in [0.4, 0.5) is 5.69 Å². The fourth-order valence-electron chi connectivity index (χ4n) is 2.59. The summed E-state index contributed by atoms with van der Waals surface area (Å²) >= 11 is 1.92. The molecule has 0 amide bonds. The molecular formula is C17H16N2S. The number of anilines is 1. The summed E-state index contributed by atoms with van der Waals surface area (Å²) in [6, 6.07) is 16.8. The number of nitriles is 1. The summed E-state index contributed by atoms with van der Waals surface area (Å²) < 4.78 is 0. The number of rotatable bonds is 3. The third-order valence-electron chi connectivity index (χ3n) is 3.72. The molecule has 3 heteroatoms. The first-order chi connectivity index (χ1) is 9.79. The molecule has 100 valence electrons. The quantitative estimate of drug-likeness (QED) is 0.916. The van der Waals surface area contributed by atoms with Gasteiger partial charge in [0.05, 0.1) is 11.3 Å². The summed E-state index contributed by atoms with van der Waals surface area (Å²) in [7, 11) is 0. The Morgan fingerprint density at radius 2 is 2.10 bits per heavy atom. The van der Waals surface area contributed by atoms with E-state index in [1.165, 1.54) is 10.5 Å². The molecule has 2 aromatic carbocycles. The second-order valence-electron chi connectivity index (χ2n) is 5.04. The van der Waals surface area contributed by atoms with Gasteiger partial charge in [0.15, 0.2) is 0 Å². The molecule has 1 aliphatic rings. The molecular weight excluding hydrogens is 264 g/mol. The van der Waals surface area contributed by atoms with Gasteiger partial charge >= 0.3 is 0 Å². The van der Waals surface area contributed by atoms with E-state index in [1.807, 2.05) is 36.9 Å². The van der Waals surface area contributed by atoms with Crippen LogP contribution in [0.2, 0.25) is 0 Å². The van der Waals surface area contributed by atoms with E-state index in [4.69, 9.17) is 0 Å². The molecule has 20 heavy (non-hydrogen) atoms. The van der Waals surface area contributed by atoms with Gasteiger partial charge in [-0.1, -0.05) is 30.3 Å². The van der Waals surface area contributed by atoms with Crippen molar-refractivity contribution in [3.05, 3.63) is 59.2 Å². The zero-order valence-corrected chi connectivity index (χ0v) is 12.2. The van der Waals surface area contributed by atoms with Crippen molar-refractivity contribution in [2.24, 2.45) is 0 Å². The van der Waals surface area contributed by atoms with Crippen LogP contribution in [0, 0.1) is 18.3 Å². The molecule has 1 N–H and O–H groups in total. The predicted octanol–water partition coefficient (Wildman–Crippen LogP) is 4.17. The molecule has 1 atom stereocenters. The van der Waals surface area contributed by atoms with Crippen molar-refractivity contribution in [1.82, 2.24) is 0 Å². The second kappa shape index (κ2) is 5.60. The van der Waals surface area contributed by atoms with E-state index in [-0.39, 0.29) is 0 Å². The molecule has 3 rings (SSSR count). The highest BCUT2D eigenvalue weighted by atomic mass is 32.2. The molecule has 2 aromatic rings. The Labute approximate surface area is 123 Å². The van der Waals surface area contributed by atoms with Crippen LogP contribution in [0.15, 0.2) is 47.4 Å². The van der Waals surface area contributed by atoms with Crippen LogP contribution < -0.4 is 5.32 Å². The highest BCUT2D eigenvalue weighted by Crippen LogP contribution is 2.39. The third kappa shape index (κ3) is 2.39. The third-order valence-corrected chi connectivity index (χ3v) is 4.97. The van der Waals surface area contributed by atoms with Gasteiger partial charge in [-0.05, 0) is 30.2 Å². The summed E-state index contributed by atoms with van der Waals surface area (Å²) in [5.74, 6) is 1.63. The number of hydrogen-bond acceptors (Lipinski definition) is 3. The smallest absolute Gasteiger partial charge is 0.102 e. The van der Waals surface area contributed by atoms with Gasteiger partial charge in [0, 0.05) is 23.1 Å². The number of benzene rings is 2. The Bertz CT molecular complexity index is 673. The van der Waals surface area contributed by atoms with Gasteiger partial charge < -0.3 is 5.32 Å². The van der Waals surface area contributed by atoms with E-state index in [1.54, 1.807) is 0 Å². The standard InChI is InChI=1S/C17H16N2S/c1-12-5-4-7-16(15(12)9-18)19-10-13-11-20-17-8-3-2-6-14(13)17/h2-8,13,19H,10-11H2,1H3. The van der Waals surface area contributed by atoms with Gasteiger partial charge in [-0.2, -0.15) is 5.26 Å². The van der Waals surface area contributed by atoms with Crippen molar-refractivity contribution in [3.8, 4) is 6.07 Å². The van der Waals surface area contributed by atoms with Crippen LogP contribution >= 0.6 is 11.8 Å². The van der Waals surface area contributed by atoms with E-state index in [9.17, 15) is 5.26 Å². The lowest BCUT2D eigenvalue weighted by Crippen LogP contribution is -2.13. The van der Waals surface area contributed by atoms with Crippen LogP contribution in [0.1, 0.15) is 22.6 Å². The van der Waals surface area contributed by atoms with Crippen molar-refractivity contribution >= 4 is 17.4 Å². The minimum absolute atomic E-state index is 0.517. The Balaban J connectivity index is 1.76. The topological polar surface area (TPSA) is 35.8 Å². The number of aryl methyl sites for hydroxylation is 1. The van der Waals surface area contributed by atoms with E-state index in [0.29, 0.717) is 5.92 Å². The van der Waals surface area contributed by atoms with Crippen LogP contribution in [0.3, 0.4) is 0 Å². The van der Waals surface area contributed by atoms with Crippen LogP contribution in [0.25, 0.3) is 0 Å².